The molecule has 6 rings (SSSR count). The van der Waals surface area contributed by atoms with E-state index >= 15 is 0 Å². The summed E-state index contributed by atoms with van der Waals surface area (Å²) in [5.41, 5.74) is 1.54. The fraction of sp³-hybridized carbons (Fsp3) is 0.822. The van der Waals surface area contributed by atoms with Crippen LogP contribution in [0, 0.1) is 22.7 Å². The standard InChI is InChI=1S/C13H22N2O.C12H18N2O.C10H19NO2.C10H20/c1-13(2,3)9-15-12-14-8-11(16-12)10-6-4-5-7-10;1-12(2,3)8-15-11-13-7-6-10(14-11)9-4-5-9;1-8(2)11(3)10(12)13-9-6-4-5-7-9;1-9(2)7-8-10-5-3-4-6-10/h8,10H,4-7,9H2,1-3H3,(H,14,15);6-7,9H,4-5,8H2,1-3H3;8-9H,4-7H2,1-3H3;9-10H,3-8H2,1-2H3. The van der Waals surface area contributed by atoms with E-state index in [0.29, 0.717) is 30.5 Å². The second kappa shape index (κ2) is 22.6. The summed E-state index contributed by atoms with van der Waals surface area (Å²) in [6.07, 6.45) is 24.8. The molecular weight excluding hydrogens is 675 g/mol. The Labute approximate surface area is 330 Å². The number of hydrogen-bond donors (Lipinski definition) is 1. The topological polar surface area (TPSA) is 103 Å². The fourth-order valence-corrected chi connectivity index (χ4v) is 6.73. The third-order valence-corrected chi connectivity index (χ3v) is 10.6. The minimum Gasteiger partial charge on any atom is -0.463 e. The second-order valence-corrected chi connectivity index (χ2v) is 19.5. The highest BCUT2D eigenvalue weighted by Crippen LogP contribution is 2.39. The van der Waals surface area contributed by atoms with Crippen molar-refractivity contribution in [1.29, 1.82) is 0 Å². The summed E-state index contributed by atoms with van der Waals surface area (Å²) in [7, 11) is 1.78. The van der Waals surface area contributed by atoms with Crippen LogP contribution in [0.25, 0.3) is 0 Å². The van der Waals surface area contributed by atoms with Gasteiger partial charge in [-0.15, -0.1) is 0 Å². The molecule has 4 aliphatic carbocycles. The normalized spacial score (nSPS) is 18.0. The highest BCUT2D eigenvalue weighted by atomic mass is 16.6. The van der Waals surface area contributed by atoms with E-state index in [2.05, 4.69) is 75.7 Å². The zero-order valence-electron chi connectivity index (χ0n) is 36.3. The molecule has 0 unspecified atom stereocenters. The van der Waals surface area contributed by atoms with Crippen molar-refractivity contribution in [2.45, 2.75) is 196 Å². The molecule has 0 radical (unpaired) electrons. The molecule has 9 heteroatoms. The van der Waals surface area contributed by atoms with E-state index in [0.717, 1.165) is 42.7 Å². The number of nitrogens with zero attached hydrogens (tertiary/aromatic N) is 4. The Morgan fingerprint density at radius 1 is 0.852 bits per heavy atom. The lowest BCUT2D eigenvalue weighted by molar-refractivity contribution is 0.0652. The van der Waals surface area contributed by atoms with Gasteiger partial charge in [0.15, 0.2) is 0 Å². The van der Waals surface area contributed by atoms with Crippen LogP contribution in [0.3, 0.4) is 0 Å². The highest BCUT2D eigenvalue weighted by molar-refractivity contribution is 5.67. The number of oxazole rings is 1. The zero-order chi connectivity index (χ0) is 39.7. The SMILES string of the molecule is CC(C)(C)CNc1ncc(C2CCCC2)o1.CC(C)(C)COc1nccc(C2CC2)n1.CC(C)CCC1CCCC1.CC(C)N(C)C(=O)OC1CCCC1. The molecule has 54 heavy (non-hydrogen) atoms. The first kappa shape index (κ1) is 45.5. The van der Waals surface area contributed by atoms with E-state index < -0.39 is 0 Å². The third kappa shape index (κ3) is 19.2. The van der Waals surface area contributed by atoms with E-state index in [1.807, 2.05) is 26.1 Å². The molecule has 308 valence electrons. The number of hydrogen-bond acceptors (Lipinski definition) is 8. The number of ether oxygens (including phenoxy) is 2. The fourth-order valence-electron chi connectivity index (χ4n) is 6.73. The van der Waals surface area contributed by atoms with Crippen molar-refractivity contribution in [3.05, 3.63) is 29.9 Å². The number of anilines is 1. The van der Waals surface area contributed by atoms with Gasteiger partial charge in [0.2, 0.25) is 0 Å². The Morgan fingerprint density at radius 2 is 1.46 bits per heavy atom. The van der Waals surface area contributed by atoms with Crippen LogP contribution in [0.1, 0.15) is 195 Å². The van der Waals surface area contributed by atoms with E-state index in [1.54, 1.807) is 18.1 Å². The van der Waals surface area contributed by atoms with Crippen LogP contribution in [0.4, 0.5) is 10.8 Å². The van der Waals surface area contributed by atoms with E-state index in [1.165, 1.54) is 89.9 Å². The van der Waals surface area contributed by atoms with Crippen molar-refractivity contribution >= 4 is 12.1 Å². The smallest absolute Gasteiger partial charge is 0.410 e. The number of nitrogens with one attached hydrogen (secondary N) is 1. The number of aromatic nitrogens is 3. The van der Waals surface area contributed by atoms with Gasteiger partial charge in [0.25, 0.3) is 6.01 Å². The first-order chi connectivity index (χ1) is 25.5. The maximum Gasteiger partial charge on any atom is 0.410 e. The van der Waals surface area contributed by atoms with Gasteiger partial charge in [0, 0.05) is 37.7 Å². The van der Waals surface area contributed by atoms with Gasteiger partial charge in [-0.25, -0.2) is 14.8 Å². The molecule has 9 nitrogen and oxygen atoms in total. The second-order valence-electron chi connectivity index (χ2n) is 19.5. The molecule has 4 saturated carbocycles. The average Bonchev–Trinajstić information content (AvgIpc) is 3.64. The lowest BCUT2D eigenvalue weighted by atomic mass is 9.97. The van der Waals surface area contributed by atoms with E-state index in [9.17, 15) is 4.79 Å². The van der Waals surface area contributed by atoms with Gasteiger partial charge in [0.1, 0.15) is 11.9 Å². The van der Waals surface area contributed by atoms with Crippen LogP contribution in [0.2, 0.25) is 0 Å². The summed E-state index contributed by atoms with van der Waals surface area (Å²) in [6, 6.07) is 3.40. The van der Waals surface area contributed by atoms with Gasteiger partial charge in [0.05, 0.1) is 18.5 Å². The van der Waals surface area contributed by atoms with Gasteiger partial charge in [-0.1, -0.05) is 107 Å². The van der Waals surface area contributed by atoms with Crippen molar-refractivity contribution in [2.24, 2.45) is 22.7 Å². The van der Waals surface area contributed by atoms with Gasteiger partial charge < -0.3 is 24.1 Å². The van der Waals surface area contributed by atoms with Crippen LogP contribution < -0.4 is 10.1 Å². The summed E-state index contributed by atoms with van der Waals surface area (Å²) < 4.78 is 16.6. The molecule has 2 aromatic heterocycles. The highest BCUT2D eigenvalue weighted by Gasteiger charge is 2.26. The maximum absolute atomic E-state index is 11.4. The Bertz CT molecular complexity index is 1310. The van der Waals surface area contributed by atoms with Gasteiger partial charge >= 0.3 is 12.1 Å². The largest absolute Gasteiger partial charge is 0.463 e. The summed E-state index contributed by atoms with van der Waals surface area (Å²) in [4.78, 5) is 25.9. The summed E-state index contributed by atoms with van der Waals surface area (Å²) >= 11 is 0. The van der Waals surface area contributed by atoms with Crippen molar-refractivity contribution in [2.75, 3.05) is 25.5 Å². The molecule has 2 aromatic rings. The lowest BCUT2D eigenvalue weighted by Gasteiger charge is -2.22. The maximum atomic E-state index is 11.4. The lowest BCUT2D eigenvalue weighted by Crippen LogP contribution is -2.35. The number of carbonyl (C=O) groups excluding carboxylic acids is 1. The monoisotopic (exact) mass is 754 g/mol. The van der Waals surface area contributed by atoms with Crippen molar-refractivity contribution in [3.8, 4) is 6.01 Å². The predicted molar refractivity (Wildman–Crippen MR) is 222 cm³/mol. The Balaban J connectivity index is 0.000000196. The van der Waals surface area contributed by atoms with Crippen LogP contribution in [0.5, 0.6) is 6.01 Å². The Kier molecular flexibility index (Phi) is 19.1. The van der Waals surface area contributed by atoms with Crippen molar-refractivity contribution in [1.82, 2.24) is 19.9 Å². The number of carbonyl (C=O) groups is 1. The third-order valence-electron chi connectivity index (χ3n) is 10.6. The minimum atomic E-state index is -0.179. The molecule has 0 aromatic carbocycles. The molecule has 1 amide bonds. The van der Waals surface area contributed by atoms with Gasteiger partial charge in [-0.05, 0) is 93.9 Å². The van der Waals surface area contributed by atoms with Crippen molar-refractivity contribution < 1.29 is 18.7 Å². The van der Waals surface area contributed by atoms with Crippen LogP contribution in [-0.4, -0.2) is 58.3 Å². The molecule has 1 N–H and O–H groups in total. The molecule has 0 saturated heterocycles. The molecule has 0 spiro atoms. The molecule has 0 atom stereocenters. The number of rotatable bonds is 11. The molecular formula is C45H79N5O4. The van der Waals surface area contributed by atoms with Gasteiger partial charge in [-0.3, -0.25) is 0 Å². The predicted octanol–water partition coefficient (Wildman–Crippen LogP) is 12.6. The average molecular weight is 754 g/mol. The van der Waals surface area contributed by atoms with Gasteiger partial charge in [-0.2, -0.15) is 4.98 Å². The zero-order valence-corrected chi connectivity index (χ0v) is 36.3. The van der Waals surface area contributed by atoms with Crippen LogP contribution in [-0.2, 0) is 4.74 Å². The first-order valence-electron chi connectivity index (χ1n) is 21.6. The molecule has 0 bridgehead atoms. The minimum absolute atomic E-state index is 0.152. The molecule has 2 heterocycles. The first-order valence-corrected chi connectivity index (χ1v) is 21.6. The summed E-state index contributed by atoms with van der Waals surface area (Å²) in [6.45, 7) is 23.2. The summed E-state index contributed by atoms with van der Waals surface area (Å²) in [5, 5.41) is 3.25. The quantitative estimate of drug-likeness (QED) is 0.242. The molecule has 4 fully saturated rings. The van der Waals surface area contributed by atoms with E-state index in [-0.39, 0.29) is 29.1 Å². The summed E-state index contributed by atoms with van der Waals surface area (Å²) in [5.74, 6) is 4.35. The van der Waals surface area contributed by atoms with E-state index in [4.69, 9.17) is 13.9 Å². The Hall–Kier alpha value is -2.84. The van der Waals surface area contributed by atoms with Crippen LogP contribution >= 0.6 is 0 Å². The van der Waals surface area contributed by atoms with Crippen LogP contribution in [0.15, 0.2) is 22.9 Å². The van der Waals surface area contributed by atoms with Crippen molar-refractivity contribution in [3.63, 3.8) is 0 Å². The Morgan fingerprint density at radius 3 is 2.02 bits per heavy atom. The molecule has 4 aliphatic rings. The molecule has 0 aliphatic heterocycles. The number of amides is 1.